The van der Waals surface area contributed by atoms with Gasteiger partial charge in [0, 0.05) is 56.7 Å². The monoisotopic (exact) mass is 468 g/mol. The Kier molecular flexibility index (Phi) is 7.33. The SMILES string of the molecule is COCCn1c(C)cc(O)c([C@H](c2ccc(Cl)cc2)N2CCN(c3ccccn3)CC2)c1=O. The van der Waals surface area contributed by atoms with Crippen LogP contribution < -0.4 is 10.5 Å². The van der Waals surface area contributed by atoms with E-state index in [-0.39, 0.29) is 11.3 Å². The van der Waals surface area contributed by atoms with Crippen molar-refractivity contribution in [3.8, 4) is 5.75 Å². The molecule has 1 atom stereocenters. The third kappa shape index (κ3) is 5.05. The van der Waals surface area contributed by atoms with E-state index in [0.717, 1.165) is 24.5 Å². The van der Waals surface area contributed by atoms with Crippen LogP contribution >= 0.6 is 11.6 Å². The molecule has 0 saturated carbocycles. The second kappa shape index (κ2) is 10.4. The van der Waals surface area contributed by atoms with Gasteiger partial charge in [0.25, 0.3) is 5.56 Å². The van der Waals surface area contributed by atoms with Gasteiger partial charge < -0.3 is 19.3 Å². The lowest BCUT2D eigenvalue weighted by atomic mass is 9.96. The first-order valence-corrected chi connectivity index (χ1v) is 11.4. The summed E-state index contributed by atoms with van der Waals surface area (Å²) in [6, 6.07) is 14.7. The van der Waals surface area contributed by atoms with Crippen LogP contribution in [0.1, 0.15) is 22.9 Å². The number of nitrogens with zero attached hydrogens (tertiary/aromatic N) is 4. The molecule has 2 aromatic heterocycles. The number of methoxy groups -OCH3 is 1. The molecular weight excluding hydrogens is 440 g/mol. The number of halogens is 1. The van der Waals surface area contributed by atoms with Crippen molar-refractivity contribution >= 4 is 17.4 Å². The molecule has 8 heteroatoms. The fraction of sp³-hybridized carbons (Fsp3) is 0.360. The summed E-state index contributed by atoms with van der Waals surface area (Å²) < 4.78 is 6.87. The summed E-state index contributed by atoms with van der Waals surface area (Å²) in [4.78, 5) is 22.5. The van der Waals surface area contributed by atoms with Crippen LogP contribution in [0.5, 0.6) is 5.75 Å². The van der Waals surface area contributed by atoms with E-state index in [4.69, 9.17) is 16.3 Å². The van der Waals surface area contributed by atoms with Gasteiger partial charge in [0.1, 0.15) is 11.6 Å². The lowest BCUT2D eigenvalue weighted by Crippen LogP contribution is -2.49. The van der Waals surface area contributed by atoms with Gasteiger partial charge in [0.05, 0.1) is 18.2 Å². The van der Waals surface area contributed by atoms with Gasteiger partial charge in [0.15, 0.2) is 0 Å². The van der Waals surface area contributed by atoms with Gasteiger partial charge in [-0.1, -0.05) is 29.8 Å². The molecule has 3 heterocycles. The minimum atomic E-state index is -0.393. The molecule has 0 unspecified atom stereocenters. The summed E-state index contributed by atoms with van der Waals surface area (Å²) in [5.41, 5.74) is 1.80. The summed E-state index contributed by atoms with van der Waals surface area (Å²) in [6.45, 7) is 5.64. The predicted octanol–water partition coefficient (Wildman–Crippen LogP) is 3.47. The third-order valence-electron chi connectivity index (χ3n) is 6.15. The van der Waals surface area contributed by atoms with E-state index in [1.54, 1.807) is 23.9 Å². The minimum absolute atomic E-state index is 0.0123. The van der Waals surface area contributed by atoms with Crippen LogP contribution in [-0.4, -0.2) is 59.5 Å². The van der Waals surface area contributed by atoms with Crippen molar-refractivity contribution in [2.45, 2.75) is 19.5 Å². The molecule has 0 spiro atoms. The first-order valence-electron chi connectivity index (χ1n) is 11.1. The van der Waals surface area contributed by atoms with Gasteiger partial charge >= 0.3 is 0 Å². The normalized spacial score (nSPS) is 15.5. The van der Waals surface area contributed by atoms with Crippen LogP contribution in [0.3, 0.4) is 0 Å². The number of rotatable bonds is 7. The molecule has 33 heavy (non-hydrogen) atoms. The zero-order valence-electron chi connectivity index (χ0n) is 18.9. The van der Waals surface area contributed by atoms with E-state index >= 15 is 0 Å². The van der Waals surface area contributed by atoms with Crippen molar-refractivity contribution in [1.29, 1.82) is 0 Å². The van der Waals surface area contributed by atoms with Crippen LogP contribution in [0, 0.1) is 6.92 Å². The molecule has 1 saturated heterocycles. The second-order valence-electron chi connectivity index (χ2n) is 8.20. The number of piperazine rings is 1. The Morgan fingerprint density at radius 1 is 1.12 bits per heavy atom. The number of hydrogen-bond donors (Lipinski definition) is 1. The minimum Gasteiger partial charge on any atom is -0.507 e. The molecule has 4 rings (SSSR count). The Balaban J connectivity index is 1.72. The Labute approximate surface area is 198 Å². The Hall–Kier alpha value is -2.87. The Bertz CT molecular complexity index is 1130. The van der Waals surface area contributed by atoms with Gasteiger partial charge in [-0.15, -0.1) is 0 Å². The molecule has 7 nitrogen and oxygen atoms in total. The topological polar surface area (TPSA) is 70.8 Å². The summed E-state index contributed by atoms with van der Waals surface area (Å²) >= 11 is 6.14. The molecule has 0 radical (unpaired) electrons. The zero-order valence-corrected chi connectivity index (χ0v) is 19.7. The fourth-order valence-electron chi connectivity index (χ4n) is 4.44. The first-order chi connectivity index (χ1) is 16.0. The third-order valence-corrected chi connectivity index (χ3v) is 6.41. The number of hydrogen-bond acceptors (Lipinski definition) is 6. The van der Waals surface area contributed by atoms with Crippen molar-refractivity contribution in [1.82, 2.24) is 14.5 Å². The largest absolute Gasteiger partial charge is 0.507 e. The smallest absolute Gasteiger partial charge is 0.259 e. The molecule has 1 aromatic carbocycles. The van der Waals surface area contributed by atoms with Crippen LogP contribution in [0.25, 0.3) is 0 Å². The number of ether oxygens (including phenoxy) is 1. The highest BCUT2D eigenvalue weighted by atomic mass is 35.5. The van der Waals surface area contributed by atoms with E-state index < -0.39 is 6.04 Å². The van der Waals surface area contributed by atoms with Crippen molar-refractivity contribution < 1.29 is 9.84 Å². The summed E-state index contributed by atoms with van der Waals surface area (Å²) in [5.74, 6) is 0.957. The van der Waals surface area contributed by atoms with E-state index in [0.29, 0.717) is 42.5 Å². The average Bonchev–Trinajstić information content (AvgIpc) is 2.83. The Morgan fingerprint density at radius 2 is 1.85 bits per heavy atom. The molecular formula is C25H29ClN4O3. The molecule has 0 amide bonds. The van der Waals surface area contributed by atoms with Gasteiger partial charge in [-0.2, -0.15) is 0 Å². The highest BCUT2D eigenvalue weighted by Gasteiger charge is 2.31. The molecule has 1 aliphatic rings. The standard InChI is InChI=1S/C25H29ClN4O3/c1-18-17-21(31)23(25(32)30(18)15-16-33-2)24(19-6-8-20(26)9-7-19)29-13-11-28(12-14-29)22-5-3-4-10-27-22/h3-10,17,24,31H,11-16H2,1-2H3/t24-/m0/s1. The molecule has 1 N–H and O–H groups in total. The molecule has 174 valence electrons. The maximum Gasteiger partial charge on any atom is 0.259 e. The maximum atomic E-state index is 13.6. The number of pyridine rings is 2. The lowest BCUT2D eigenvalue weighted by Gasteiger charge is -2.40. The number of benzene rings is 1. The highest BCUT2D eigenvalue weighted by molar-refractivity contribution is 6.30. The second-order valence-corrected chi connectivity index (χ2v) is 8.64. The fourth-order valence-corrected chi connectivity index (χ4v) is 4.57. The van der Waals surface area contributed by atoms with Crippen LogP contribution in [0.4, 0.5) is 5.82 Å². The van der Waals surface area contributed by atoms with E-state index in [1.165, 1.54) is 0 Å². The van der Waals surface area contributed by atoms with Crippen LogP contribution in [-0.2, 0) is 11.3 Å². The van der Waals surface area contributed by atoms with Crippen LogP contribution in [0.15, 0.2) is 59.5 Å². The molecule has 1 aliphatic heterocycles. The quantitative estimate of drug-likeness (QED) is 0.572. The summed E-state index contributed by atoms with van der Waals surface area (Å²) in [7, 11) is 1.61. The van der Waals surface area contributed by atoms with Crippen LogP contribution in [0.2, 0.25) is 5.02 Å². The number of aromatic hydroxyl groups is 1. The number of aromatic nitrogens is 2. The van der Waals surface area contributed by atoms with Gasteiger partial charge in [-0.25, -0.2) is 4.98 Å². The molecule has 0 aliphatic carbocycles. The van der Waals surface area contributed by atoms with Gasteiger partial charge in [-0.05, 0) is 42.8 Å². The van der Waals surface area contributed by atoms with Crippen molar-refractivity contribution in [2.24, 2.45) is 0 Å². The Morgan fingerprint density at radius 3 is 2.48 bits per heavy atom. The average molecular weight is 469 g/mol. The van der Waals surface area contributed by atoms with Gasteiger partial charge in [-0.3, -0.25) is 9.69 Å². The maximum absolute atomic E-state index is 13.6. The number of anilines is 1. The van der Waals surface area contributed by atoms with E-state index in [9.17, 15) is 9.90 Å². The first kappa shape index (κ1) is 23.3. The molecule has 0 bridgehead atoms. The van der Waals surface area contributed by atoms with E-state index in [1.807, 2.05) is 49.4 Å². The van der Waals surface area contributed by atoms with E-state index in [2.05, 4.69) is 14.8 Å². The summed E-state index contributed by atoms with van der Waals surface area (Å²) in [6.07, 6.45) is 1.80. The number of aryl methyl sites for hydroxylation is 1. The highest BCUT2D eigenvalue weighted by Crippen LogP contribution is 2.34. The van der Waals surface area contributed by atoms with Crippen molar-refractivity contribution in [2.75, 3.05) is 44.8 Å². The van der Waals surface area contributed by atoms with Crippen molar-refractivity contribution in [3.05, 3.63) is 86.9 Å². The van der Waals surface area contributed by atoms with Crippen molar-refractivity contribution in [3.63, 3.8) is 0 Å². The molecule has 3 aromatic rings. The van der Waals surface area contributed by atoms with Gasteiger partial charge in [0.2, 0.25) is 0 Å². The predicted molar refractivity (Wildman–Crippen MR) is 130 cm³/mol. The zero-order chi connectivity index (χ0) is 23.4. The molecule has 1 fully saturated rings. The summed E-state index contributed by atoms with van der Waals surface area (Å²) in [5, 5.41) is 11.6. The lowest BCUT2D eigenvalue weighted by molar-refractivity contribution is 0.183.